The number of carbonyl (C=O) groups excluding carboxylic acids is 4. The number of nitrogens with one attached hydrogen (secondary N) is 5. The van der Waals surface area contributed by atoms with E-state index in [0.29, 0.717) is 45.2 Å². The number of alkyl carbamates (subject to hydrolysis) is 2. The van der Waals surface area contributed by atoms with Crippen molar-refractivity contribution < 1.29 is 33.4 Å². The van der Waals surface area contributed by atoms with Gasteiger partial charge in [0.25, 0.3) is 0 Å². The van der Waals surface area contributed by atoms with E-state index < -0.39 is 35.8 Å². The highest BCUT2D eigenvalue weighted by Gasteiger charge is 2.28. The van der Waals surface area contributed by atoms with E-state index in [0.717, 1.165) is 34.3 Å². The molecule has 290 valence electrons. The van der Waals surface area contributed by atoms with Crippen LogP contribution < -0.4 is 31.3 Å². The third-order valence-electron chi connectivity index (χ3n) is 8.18. The Morgan fingerprint density at radius 3 is 2.23 bits per heavy atom. The highest BCUT2D eigenvalue weighted by atomic mass is 16.6. The summed E-state index contributed by atoms with van der Waals surface area (Å²) in [7, 11) is 1.63. The Hall–Kier alpha value is -5.07. The van der Waals surface area contributed by atoms with Gasteiger partial charge in [-0.05, 0) is 89.8 Å². The lowest BCUT2D eigenvalue weighted by atomic mass is 10.0. The number of rotatable bonds is 20. The molecular weight excluding hydrogens is 676 g/mol. The zero-order valence-electron chi connectivity index (χ0n) is 32.3. The molecule has 0 aliphatic carbocycles. The van der Waals surface area contributed by atoms with Gasteiger partial charge in [0, 0.05) is 36.8 Å². The number of nitrogens with zero attached hydrogens (tertiary/aromatic N) is 1. The number of pyridine rings is 1. The first-order valence-electron chi connectivity index (χ1n) is 18.5. The summed E-state index contributed by atoms with van der Waals surface area (Å²) in [6.07, 6.45) is 3.74. The number of aromatic nitrogens is 1. The number of unbranched alkanes of at least 4 members (excludes halogenated alkanes) is 1. The first-order chi connectivity index (χ1) is 25.2. The maximum Gasteiger partial charge on any atom is 0.408 e. The third kappa shape index (κ3) is 16.0. The Morgan fingerprint density at radius 1 is 0.792 bits per heavy atom. The molecule has 0 fully saturated rings. The highest BCUT2D eigenvalue weighted by Crippen LogP contribution is 2.28. The first kappa shape index (κ1) is 42.3. The molecule has 0 spiro atoms. The maximum atomic E-state index is 13.6. The lowest BCUT2D eigenvalue weighted by Gasteiger charge is -2.24. The van der Waals surface area contributed by atoms with Crippen LogP contribution in [0, 0.1) is 5.92 Å². The third-order valence-corrected chi connectivity index (χ3v) is 8.18. The summed E-state index contributed by atoms with van der Waals surface area (Å²) >= 11 is 0. The van der Waals surface area contributed by atoms with Crippen LogP contribution in [-0.2, 0) is 25.7 Å². The number of amides is 4. The molecule has 1 heterocycles. The number of carbonyl (C=O) groups is 4. The van der Waals surface area contributed by atoms with Crippen LogP contribution in [0.3, 0.4) is 0 Å². The van der Waals surface area contributed by atoms with Gasteiger partial charge < -0.3 is 40.8 Å². The Kier molecular flexibility index (Phi) is 17.1. The number of methoxy groups -OCH3 is 1. The molecule has 0 bridgehead atoms. The van der Waals surface area contributed by atoms with Crippen LogP contribution in [0.1, 0.15) is 85.6 Å². The maximum absolute atomic E-state index is 13.6. The van der Waals surface area contributed by atoms with Crippen molar-refractivity contribution in [3.8, 4) is 5.75 Å². The van der Waals surface area contributed by atoms with E-state index in [-0.39, 0.29) is 24.5 Å². The van der Waals surface area contributed by atoms with E-state index in [9.17, 15) is 19.2 Å². The lowest BCUT2D eigenvalue weighted by molar-refractivity contribution is -0.130. The summed E-state index contributed by atoms with van der Waals surface area (Å²) in [6, 6.07) is 15.3. The normalized spacial score (nSPS) is 13.0. The summed E-state index contributed by atoms with van der Waals surface area (Å²) < 4.78 is 16.1. The molecule has 3 rings (SSSR count). The van der Waals surface area contributed by atoms with Crippen molar-refractivity contribution in [3.63, 3.8) is 0 Å². The van der Waals surface area contributed by atoms with Crippen molar-refractivity contribution in [1.82, 2.24) is 26.3 Å². The van der Waals surface area contributed by atoms with Gasteiger partial charge in [-0.2, -0.15) is 0 Å². The van der Waals surface area contributed by atoms with E-state index >= 15 is 0 Å². The minimum atomic E-state index is -0.906. The molecule has 1 aromatic heterocycles. The van der Waals surface area contributed by atoms with Crippen LogP contribution in [0.15, 0.2) is 60.8 Å². The highest BCUT2D eigenvalue weighted by molar-refractivity contribution is 5.92. The Labute approximate surface area is 313 Å². The minimum absolute atomic E-state index is 0.0617. The second-order valence-electron chi connectivity index (χ2n) is 14.6. The van der Waals surface area contributed by atoms with Crippen molar-refractivity contribution in [2.45, 2.75) is 110 Å². The van der Waals surface area contributed by atoms with Crippen LogP contribution >= 0.6 is 0 Å². The zero-order valence-corrected chi connectivity index (χ0v) is 32.3. The van der Waals surface area contributed by atoms with Crippen LogP contribution in [0.5, 0.6) is 5.75 Å². The summed E-state index contributed by atoms with van der Waals surface area (Å²) in [5.41, 5.74) is 1.93. The summed E-state index contributed by atoms with van der Waals surface area (Å²) in [6.45, 7) is 12.1. The Bertz CT molecular complexity index is 1610. The lowest BCUT2D eigenvalue weighted by Crippen LogP contribution is -2.54. The molecule has 5 N–H and O–H groups in total. The summed E-state index contributed by atoms with van der Waals surface area (Å²) in [4.78, 5) is 56.4. The van der Waals surface area contributed by atoms with Crippen molar-refractivity contribution in [1.29, 1.82) is 0 Å². The SMILES string of the molecule is COc1cc(NC(C)CCCNC(=O)[C@H](CCCCNC(=O)OC(C)(C)C)NC(=O)[C@H](CC(C)C)NC(=O)OCc2ccccc2)c2ncccc2c1. The molecule has 0 saturated carbocycles. The Balaban J connectivity index is 1.58. The standard InChI is InChI=1S/C40H58N6O7/c1-27(2)23-34(46-39(50)52-26-29-16-9-8-10-17-29)37(48)45-32(19-11-12-20-43-38(49)53-40(4,5)6)36(47)42-22-13-15-28(3)44-33-25-31(51-7)24-30-18-14-21-41-35(30)33/h8-10,14,16-18,21,24-25,27-28,32,34,44H,11-13,15,19-20,22-23,26H2,1-7H3,(H,42,47)(H,43,49)(H,45,48)(H,46,50)/t28?,32-,34-/m0/s1. The van der Waals surface area contributed by atoms with Gasteiger partial charge in [0.15, 0.2) is 0 Å². The van der Waals surface area contributed by atoms with Gasteiger partial charge >= 0.3 is 12.2 Å². The molecule has 0 aliphatic rings. The molecule has 2 aromatic carbocycles. The first-order valence-corrected chi connectivity index (χ1v) is 18.5. The van der Waals surface area contributed by atoms with E-state index in [4.69, 9.17) is 14.2 Å². The van der Waals surface area contributed by atoms with E-state index in [2.05, 4.69) is 38.5 Å². The fourth-order valence-corrected chi connectivity index (χ4v) is 5.60. The fourth-order valence-electron chi connectivity index (χ4n) is 5.60. The number of hydrogen-bond acceptors (Lipinski definition) is 9. The smallest absolute Gasteiger partial charge is 0.408 e. The minimum Gasteiger partial charge on any atom is -0.497 e. The monoisotopic (exact) mass is 734 g/mol. The van der Waals surface area contributed by atoms with Gasteiger partial charge in [-0.25, -0.2) is 9.59 Å². The molecular formula is C40H58N6O7. The number of anilines is 1. The van der Waals surface area contributed by atoms with E-state index in [1.54, 1.807) is 34.1 Å². The molecule has 13 nitrogen and oxygen atoms in total. The van der Waals surface area contributed by atoms with Crippen LogP contribution in [0.4, 0.5) is 15.3 Å². The van der Waals surface area contributed by atoms with Gasteiger partial charge in [-0.15, -0.1) is 0 Å². The molecule has 13 heteroatoms. The quantitative estimate of drug-likeness (QED) is 0.0818. The zero-order chi connectivity index (χ0) is 38.8. The van der Waals surface area contributed by atoms with E-state index in [1.807, 2.05) is 68.4 Å². The summed E-state index contributed by atoms with van der Waals surface area (Å²) in [5, 5.41) is 15.8. The summed E-state index contributed by atoms with van der Waals surface area (Å²) in [5.74, 6) is 0.0140. The van der Waals surface area contributed by atoms with Crippen molar-refractivity contribution >= 4 is 40.6 Å². The number of benzene rings is 2. The molecule has 0 aliphatic heterocycles. The second-order valence-corrected chi connectivity index (χ2v) is 14.6. The fraction of sp³-hybridized carbons (Fsp3) is 0.525. The van der Waals surface area contributed by atoms with Gasteiger partial charge in [0.2, 0.25) is 11.8 Å². The van der Waals surface area contributed by atoms with Crippen LogP contribution in [0.2, 0.25) is 0 Å². The average molecular weight is 735 g/mol. The largest absolute Gasteiger partial charge is 0.497 e. The van der Waals surface area contributed by atoms with Gasteiger partial charge in [-0.1, -0.05) is 50.2 Å². The number of hydrogen-bond donors (Lipinski definition) is 5. The van der Waals surface area contributed by atoms with Gasteiger partial charge in [0.1, 0.15) is 30.0 Å². The predicted octanol–water partition coefficient (Wildman–Crippen LogP) is 6.46. The van der Waals surface area contributed by atoms with Crippen LogP contribution in [-0.4, -0.2) is 72.9 Å². The molecule has 3 aromatic rings. The molecule has 53 heavy (non-hydrogen) atoms. The number of fused-ring (bicyclic) bond motifs is 1. The van der Waals surface area contributed by atoms with Crippen molar-refractivity contribution in [2.24, 2.45) is 5.92 Å². The van der Waals surface area contributed by atoms with Gasteiger partial charge in [0.05, 0.1) is 18.3 Å². The van der Waals surface area contributed by atoms with E-state index in [1.165, 1.54) is 0 Å². The van der Waals surface area contributed by atoms with Crippen LogP contribution in [0.25, 0.3) is 10.9 Å². The molecule has 1 unspecified atom stereocenters. The van der Waals surface area contributed by atoms with Gasteiger partial charge in [-0.3, -0.25) is 14.6 Å². The predicted molar refractivity (Wildman–Crippen MR) is 207 cm³/mol. The average Bonchev–Trinajstić information content (AvgIpc) is 3.10. The molecule has 0 saturated heterocycles. The second kappa shape index (κ2) is 21.5. The molecule has 4 amide bonds. The Morgan fingerprint density at radius 2 is 1.53 bits per heavy atom. The van der Waals surface area contributed by atoms with Crippen molar-refractivity contribution in [3.05, 3.63) is 66.4 Å². The number of ether oxygens (including phenoxy) is 3. The topological polar surface area (TPSA) is 169 Å². The van der Waals surface area contributed by atoms with Crippen molar-refractivity contribution in [2.75, 3.05) is 25.5 Å². The molecule has 0 radical (unpaired) electrons. The molecule has 3 atom stereocenters.